The molecule has 0 spiro atoms. The van der Waals surface area contributed by atoms with Gasteiger partial charge in [0.25, 0.3) is 0 Å². The van der Waals surface area contributed by atoms with Crippen LogP contribution < -0.4 is 5.32 Å². The highest BCUT2D eigenvalue weighted by molar-refractivity contribution is 8.14. The fourth-order valence-corrected chi connectivity index (χ4v) is 2.46. The smallest absolute Gasteiger partial charge is 0.217 e. The number of carbonyl (C=O) groups is 2. The molecule has 0 bridgehead atoms. The number of allylic oxidation sites excluding steroid dienone is 2. The van der Waals surface area contributed by atoms with Crippen molar-refractivity contribution in [3.05, 3.63) is 22.5 Å². The Kier molecular flexibility index (Phi) is 4.68. The summed E-state index contributed by atoms with van der Waals surface area (Å²) >= 11 is 5.07. The quantitative estimate of drug-likeness (QED) is 0.761. The highest BCUT2D eigenvalue weighted by Crippen LogP contribution is 2.27. The van der Waals surface area contributed by atoms with E-state index in [9.17, 15) is 9.59 Å². The first kappa shape index (κ1) is 13.4. The molecule has 1 rings (SSSR count). The number of thioether (sulfide) groups is 1. The molecule has 0 aromatic rings. The van der Waals surface area contributed by atoms with Crippen molar-refractivity contribution in [3.8, 4) is 0 Å². The summed E-state index contributed by atoms with van der Waals surface area (Å²) in [5, 5.41) is 2.82. The number of hydrogen-bond donors (Lipinski definition) is 2. The molecule has 0 saturated heterocycles. The van der Waals surface area contributed by atoms with Crippen LogP contribution in [0, 0.1) is 0 Å². The molecule has 1 aliphatic rings. The summed E-state index contributed by atoms with van der Waals surface area (Å²) in [6.45, 7) is 5.61. The van der Waals surface area contributed by atoms with E-state index in [2.05, 4.69) is 17.9 Å². The van der Waals surface area contributed by atoms with E-state index in [1.165, 1.54) is 11.8 Å². The largest absolute Gasteiger partial charge is 0.362 e. The first-order valence-corrected chi connectivity index (χ1v) is 6.47. The van der Waals surface area contributed by atoms with Crippen LogP contribution in [0.5, 0.6) is 0 Å². The molecule has 3 nitrogen and oxygen atoms in total. The van der Waals surface area contributed by atoms with Gasteiger partial charge in [-0.15, -0.1) is 12.6 Å². The van der Waals surface area contributed by atoms with Gasteiger partial charge in [-0.25, -0.2) is 0 Å². The zero-order valence-corrected chi connectivity index (χ0v) is 11.3. The lowest BCUT2D eigenvalue weighted by Crippen LogP contribution is -2.23. The van der Waals surface area contributed by atoms with E-state index in [0.717, 1.165) is 17.1 Å². The molecule has 5 heteroatoms. The summed E-state index contributed by atoms with van der Waals surface area (Å²) in [7, 11) is 0. The van der Waals surface area contributed by atoms with Crippen molar-refractivity contribution >= 4 is 34.6 Å². The van der Waals surface area contributed by atoms with E-state index in [4.69, 9.17) is 0 Å². The highest BCUT2D eigenvalue weighted by atomic mass is 32.2. The molecule has 1 heterocycles. The topological polar surface area (TPSA) is 46.2 Å². The van der Waals surface area contributed by atoms with Crippen LogP contribution in [0.15, 0.2) is 22.5 Å². The maximum absolute atomic E-state index is 11.8. The highest BCUT2D eigenvalue weighted by Gasteiger charge is 2.23. The third-order valence-electron chi connectivity index (χ3n) is 2.41. The molecule has 1 aliphatic heterocycles. The molecule has 1 N–H and O–H groups in total. The van der Waals surface area contributed by atoms with Crippen molar-refractivity contribution in [2.75, 3.05) is 5.75 Å². The molecular formula is C11H15NO2S2. The van der Waals surface area contributed by atoms with Gasteiger partial charge < -0.3 is 5.32 Å². The van der Waals surface area contributed by atoms with E-state index >= 15 is 0 Å². The lowest BCUT2D eigenvalue weighted by atomic mass is 10.00. The van der Waals surface area contributed by atoms with Gasteiger partial charge in [-0.2, -0.15) is 0 Å². The summed E-state index contributed by atoms with van der Waals surface area (Å²) in [5.74, 6) is 0.739. The zero-order chi connectivity index (χ0) is 12.3. The van der Waals surface area contributed by atoms with E-state index in [1.807, 2.05) is 20.8 Å². The Labute approximate surface area is 105 Å². The molecule has 0 aliphatic carbocycles. The standard InChI is InChI=1S/C11H15NO2S2/c1-4-16-11(14)9-5-8(10(13)15)6(2)12-7(9)3/h12H,4-5H2,1-3H3,(H,13,15). The second-order valence-corrected chi connectivity index (χ2v) is 5.18. The van der Waals surface area contributed by atoms with Gasteiger partial charge in [0.2, 0.25) is 10.2 Å². The van der Waals surface area contributed by atoms with Gasteiger partial charge in [-0.1, -0.05) is 18.7 Å². The first-order valence-electron chi connectivity index (χ1n) is 5.04. The van der Waals surface area contributed by atoms with Gasteiger partial charge in [0, 0.05) is 29.0 Å². The molecule has 16 heavy (non-hydrogen) atoms. The molecule has 0 saturated carbocycles. The molecule has 0 aromatic carbocycles. The van der Waals surface area contributed by atoms with Crippen LogP contribution in [0.25, 0.3) is 0 Å². The van der Waals surface area contributed by atoms with Gasteiger partial charge in [0.15, 0.2) is 0 Å². The lowest BCUT2D eigenvalue weighted by molar-refractivity contribution is -0.108. The monoisotopic (exact) mass is 257 g/mol. The minimum absolute atomic E-state index is 0.0343. The van der Waals surface area contributed by atoms with Crippen LogP contribution in [0.3, 0.4) is 0 Å². The Balaban J connectivity index is 2.93. The van der Waals surface area contributed by atoms with E-state index < -0.39 is 0 Å². The maximum Gasteiger partial charge on any atom is 0.217 e. The molecule has 88 valence electrons. The first-order chi connectivity index (χ1) is 7.47. The van der Waals surface area contributed by atoms with Crippen molar-refractivity contribution < 1.29 is 9.59 Å². The number of thiol groups is 1. The predicted octanol–water partition coefficient (Wildman–Crippen LogP) is 2.26. The predicted molar refractivity (Wildman–Crippen MR) is 70.3 cm³/mol. The molecule has 0 fully saturated rings. The van der Waals surface area contributed by atoms with Crippen LogP contribution in [-0.4, -0.2) is 16.0 Å². The van der Waals surface area contributed by atoms with Crippen molar-refractivity contribution in [1.82, 2.24) is 5.32 Å². The van der Waals surface area contributed by atoms with Crippen LogP contribution >= 0.6 is 24.4 Å². The van der Waals surface area contributed by atoms with Gasteiger partial charge in [0.1, 0.15) is 0 Å². The molecular weight excluding hydrogens is 242 g/mol. The van der Waals surface area contributed by atoms with Crippen LogP contribution in [-0.2, 0) is 9.59 Å². The van der Waals surface area contributed by atoms with E-state index in [-0.39, 0.29) is 10.2 Å². The number of dihydropyridines is 1. The Morgan fingerprint density at radius 1 is 1.31 bits per heavy atom. The summed E-state index contributed by atoms with van der Waals surface area (Å²) < 4.78 is 0. The van der Waals surface area contributed by atoms with Crippen LogP contribution in [0.4, 0.5) is 0 Å². The number of nitrogens with one attached hydrogen (secondary N) is 1. The molecule has 0 amide bonds. The average Bonchev–Trinajstić information content (AvgIpc) is 2.17. The summed E-state index contributed by atoms with van der Waals surface area (Å²) in [4.78, 5) is 23.1. The minimum atomic E-state index is -0.274. The fourth-order valence-electron chi connectivity index (χ4n) is 1.55. The third kappa shape index (κ3) is 2.92. The van der Waals surface area contributed by atoms with Crippen LogP contribution in [0.1, 0.15) is 27.2 Å². The minimum Gasteiger partial charge on any atom is -0.362 e. The second kappa shape index (κ2) is 5.59. The van der Waals surface area contributed by atoms with Crippen molar-refractivity contribution in [1.29, 1.82) is 0 Å². The molecule has 0 unspecified atom stereocenters. The Hall–Kier alpha value is -0.680. The molecule has 0 radical (unpaired) electrons. The second-order valence-electron chi connectivity index (χ2n) is 3.53. The van der Waals surface area contributed by atoms with Crippen molar-refractivity contribution in [2.24, 2.45) is 0 Å². The summed E-state index contributed by atoms with van der Waals surface area (Å²) in [6, 6.07) is 0. The number of hydrogen-bond acceptors (Lipinski definition) is 4. The van der Waals surface area contributed by atoms with Gasteiger partial charge in [0.05, 0.1) is 0 Å². The summed E-state index contributed by atoms with van der Waals surface area (Å²) in [5.41, 5.74) is 2.88. The van der Waals surface area contributed by atoms with Gasteiger partial charge in [-0.3, -0.25) is 9.59 Å². The molecule has 0 aromatic heterocycles. The lowest BCUT2D eigenvalue weighted by Gasteiger charge is -2.21. The zero-order valence-electron chi connectivity index (χ0n) is 9.59. The SMILES string of the molecule is CCSC(=O)C1=C(C)NC(C)=C(C(=O)S)C1. The van der Waals surface area contributed by atoms with Crippen molar-refractivity contribution in [3.63, 3.8) is 0 Å². The van der Waals surface area contributed by atoms with Gasteiger partial charge in [-0.05, 0) is 19.6 Å². The van der Waals surface area contributed by atoms with Crippen LogP contribution in [0.2, 0.25) is 0 Å². The average molecular weight is 257 g/mol. The number of rotatable bonds is 3. The summed E-state index contributed by atoms with van der Waals surface area (Å²) in [6.07, 6.45) is 0.388. The Bertz CT molecular complexity index is 397. The molecule has 0 atom stereocenters. The van der Waals surface area contributed by atoms with Gasteiger partial charge >= 0.3 is 0 Å². The Morgan fingerprint density at radius 2 is 1.88 bits per heavy atom. The number of carbonyl (C=O) groups excluding carboxylic acids is 2. The van der Waals surface area contributed by atoms with E-state index in [1.54, 1.807) is 0 Å². The normalized spacial score (nSPS) is 16.2. The third-order valence-corrected chi connectivity index (χ3v) is 3.48. The van der Waals surface area contributed by atoms with E-state index in [0.29, 0.717) is 17.6 Å². The fraction of sp³-hybridized carbons (Fsp3) is 0.455. The van der Waals surface area contributed by atoms with Crippen molar-refractivity contribution in [2.45, 2.75) is 27.2 Å². The maximum atomic E-state index is 11.8. The Morgan fingerprint density at radius 3 is 2.38 bits per heavy atom.